The van der Waals surface area contributed by atoms with Crippen molar-refractivity contribution in [3.63, 3.8) is 0 Å². The third kappa shape index (κ3) is 5.12. The number of hydrogen-bond acceptors (Lipinski definition) is 7. The van der Waals surface area contributed by atoms with Crippen molar-refractivity contribution in [1.82, 2.24) is 14.9 Å². The molecule has 1 aliphatic rings. The maximum absolute atomic E-state index is 14.0. The Morgan fingerprint density at radius 1 is 1.02 bits per heavy atom. The summed E-state index contributed by atoms with van der Waals surface area (Å²) < 4.78 is 86.6. The summed E-state index contributed by atoms with van der Waals surface area (Å²) in [5.74, 6) is -1.18. The van der Waals surface area contributed by atoms with Crippen LogP contribution in [0.3, 0.4) is 0 Å². The van der Waals surface area contributed by atoms with Crippen LogP contribution < -0.4 is 19.7 Å². The summed E-state index contributed by atoms with van der Waals surface area (Å²) in [6.07, 6.45) is -3.83. The highest BCUT2D eigenvalue weighted by molar-refractivity contribution is 7.81. The van der Waals surface area contributed by atoms with Gasteiger partial charge in [-0.3, -0.25) is 4.79 Å². The second kappa shape index (κ2) is 10.0. The van der Waals surface area contributed by atoms with E-state index < -0.39 is 33.8 Å². The second-order valence-electron chi connectivity index (χ2n) is 9.82. The molecule has 0 saturated carbocycles. The monoisotopic (exact) mass is 600 g/mol. The summed E-state index contributed by atoms with van der Waals surface area (Å²) in [5.41, 5.74) is 0.979. The van der Waals surface area contributed by atoms with Crippen molar-refractivity contribution in [2.45, 2.75) is 25.2 Å². The minimum absolute atomic E-state index is 0.0250. The first-order valence-corrected chi connectivity index (χ1v) is 14.0. The second-order valence-corrected chi connectivity index (χ2v) is 10.8. The van der Waals surface area contributed by atoms with Gasteiger partial charge < -0.3 is 23.8 Å². The van der Waals surface area contributed by atoms with Crippen LogP contribution in [0, 0.1) is 11.3 Å². The lowest BCUT2D eigenvalue weighted by Crippen LogP contribution is -2.30. The average molecular weight is 601 g/mol. The van der Waals surface area contributed by atoms with Gasteiger partial charge in [0.05, 0.1) is 27.9 Å². The van der Waals surface area contributed by atoms with Gasteiger partial charge in [0.1, 0.15) is 17.1 Å². The molecule has 0 amide bonds. The number of alkyl halides is 3. The normalized spacial score (nSPS) is 14.8. The Morgan fingerprint density at radius 2 is 1.79 bits per heavy atom. The predicted octanol–water partition coefficient (Wildman–Crippen LogP) is 5.59. The summed E-state index contributed by atoms with van der Waals surface area (Å²) in [6.45, 7) is 1.33. The predicted molar refractivity (Wildman–Crippen MR) is 146 cm³/mol. The smallest absolute Gasteiger partial charge is 0.405 e. The summed E-state index contributed by atoms with van der Waals surface area (Å²) in [6, 6.07) is 13.9. The van der Waals surface area contributed by atoms with Crippen LogP contribution in [0.15, 0.2) is 59.4 Å². The van der Waals surface area contributed by atoms with Gasteiger partial charge in [0, 0.05) is 22.5 Å². The molecule has 3 aromatic carbocycles. The SMILES string of the molecule is N#Cc1ccc2c(c1)[nH]c1c2c(=O)c2cc(OC(F)(F)F)c(-c3cccc(OS(=O)(=O)F)c3)cc2n1C1CCNCC1. The molecule has 3 heterocycles. The number of nitriles is 1. The van der Waals surface area contributed by atoms with Crippen molar-refractivity contribution in [3.8, 4) is 28.7 Å². The number of piperidine rings is 1. The van der Waals surface area contributed by atoms with E-state index in [2.05, 4.69) is 25.3 Å². The Bertz CT molecular complexity index is 2090. The number of nitrogens with zero attached hydrogens (tertiary/aromatic N) is 2. The van der Waals surface area contributed by atoms with Crippen LogP contribution in [0.4, 0.5) is 17.1 Å². The Balaban J connectivity index is 1.72. The van der Waals surface area contributed by atoms with Crippen LogP contribution >= 0.6 is 0 Å². The number of halogens is 4. The molecule has 0 bridgehead atoms. The molecule has 42 heavy (non-hydrogen) atoms. The molecule has 2 aromatic heterocycles. The van der Waals surface area contributed by atoms with Gasteiger partial charge in [0.25, 0.3) is 0 Å². The number of ether oxygens (including phenoxy) is 1. The minimum Gasteiger partial charge on any atom is -0.405 e. The quantitative estimate of drug-likeness (QED) is 0.199. The fraction of sp³-hybridized carbons (Fsp3) is 0.214. The largest absolute Gasteiger partial charge is 0.573 e. The van der Waals surface area contributed by atoms with Gasteiger partial charge in [-0.05, 0) is 67.9 Å². The minimum atomic E-state index is -5.41. The van der Waals surface area contributed by atoms with Crippen molar-refractivity contribution in [2.75, 3.05) is 13.1 Å². The molecule has 9 nitrogen and oxygen atoms in total. The number of aromatic nitrogens is 2. The number of aromatic amines is 1. The van der Waals surface area contributed by atoms with E-state index in [1.54, 1.807) is 18.2 Å². The lowest BCUT2D eigenvalue weighted by Gasteiger charge is -2.28. The Morgan fingerprint density at radius 3 is 2.48 bits per heavy atom. The Kier molecular flexibility index (Phi) is 6.58. The van der Waals surface area contributed by atoms with Crippen molar-refractivity contribution in [1.29, 1.82) is 5.26 Å². The van der Waals surface area contributed by atoms with Crippen LogP contribution in [-0.2, 0) is 10.5 Å². The summed E-state index contributed by atoms with van der Waals surface area (Å²) >= 11 is 0. The number of rotatable bonds is 5. The number of benzene rings is 3. The van der Waals surface area contributed by atoms with Crippen molar-refractivity contribution < 1.29 is 34.4 Å². The molecule has 0 radical (unpaired) electrons. The van der Waals surface area contributed by atoms with Crippen molar-refractivity contribution >= 4 is 43.3 Å². The highest BCUT2D eigenvalue weighted by atomic mass is 32.3. The summed E-state index contributed by atoms with van der Waals surface area (Å²) in [7, 11) is -5.41. The molecule has 14 heteroatoms. The van der Waals surface area contributed by atoms with E-state index in [0.29, 0.717) is 53.6 Å². The Hall–Kier alpha value is -4.61. The first-order valence-electron chi connectivity index (χ1n) is 12.7. The first kappa shape index (κ1) is 27.6. The fourth-order valence-electron chi connectivity index (χ4n) is 5.58. The van der Waals surface area contributed by atoms with Gasteiger partial charge >= 0.3 is 16.9 Å². The molecule has 216 valence electrons. The molecular weight excluding hydrogens is 580 g/mol. The number of hydrogen-bond donors (Lipinski definition) is 2. The maximum atomic E-state index is 14.0. The van der Waals surface area contributed by atoms with Crippen LogP contribution in [0.1, 0.15) is 24.4 Å². The van der Waals surface area contributed by atoms with Crippen LogP contribution in [0.25, 0.3) is 44.0 Å². The molecular formula is C28H20F4N4O5S. The van der Waals surface area contributed by atoms with E-state index in [0.717, 1.165) is 18.2 Å². The lowest BCUT2D eigenvalue weighted by atomic mass is 9.98. The number of pyridine rings is 1. The highest BCUT2D eigenvalue weighted by Gasteiger charge is 2.33. The molecule has 0 aliphatic carbocycles. The third-order valence-electron chi connectivity index (χ3n) is 7.22. The van der Waals surface area contributed by atoms with E-state index in [1.165, 1.54) is 18.2 Å². The highest BCUT2D eigenvalue weighted by Crippen LogP contribution is 2.40. The Labute approximate surface area is 235 Å². The topological polar surface area (TPSA) is 126 Å². The van der Waals surface area contributed by atoms with Crippen LogP contribution in [0.5, 0.6) is 11.5 Å². The standard InChI is InChI=1S/C28H20F4N4O5S/c29-28(30,31)40-24-13-21-23(12-20(24)16-2-1-3-18(11-16)41-42(32,38)39)36(17-6-8-34-9-7-17)27-25(26(21)37)19-5-4-15(14-33)10-22(19)35-27/h1-5,10-13,17,34-35H,6-9H2. The van der Waals surface area contributed by atoms with E-state index in [1.807, 2.05) is 4.57 Å². The average Bonchev–Trinajstić information content (AvgIpc) is 3.30. The molecule has 0 spiro atoms. The van der Waals surface area contributed by atoms with Gasteiger partial charge in [-0.25, -0.2) is 0 Å². The number of nitrogens with one attached hydrogen (secondary N) is 2. The van der Waals surface area contributed by atoms with Crippen molar-refractivity contribution in [2.24, 2.45) is 0 Å². The molecule has 0 atom stereocenters. The van der Waals surface area contributed by atoms with Gasteiger partial charge in [-0.15, -0.1) is 13.2 Å². The van der Waals surface area contributed by atoms with Gasteiger partial charge in [-0.1, -0.05) is 22.1 Å². The number of fused-ring (bicyclic) bond motifs is 4. The van der Waals surface area contributed by atoms with Crippen LogP contribution in [-0.4, -0.2) is 37.4 Å². The van der Waals surface area contributed by atoms with E-state index in [4.69, 9.17) is 0 Å². The van der Waals surface area contributed by atoms with Crippen LogP contribution in [0.2, 0.25) is 0 Å². The third-order valence-corrected chi connectivity index (χ3v) is 7.61. The lowest BCUT2D eigenvalue weighted by molar-refractivity contribution is -0.274. The fourth-order valence-corrected chi connectivity index (χ4v) is 5.91. The maximum Gasteiger partial charge on any atom is 0.573 e. The molecule has 2 N–H and O–H groups in total. The summed E-state index contributed by atoms with van der Waals surface area (Å²) in [4.78, 5) is 17.2. The molecule has 1 fully saturated rings. The van der Waals surface area contributed by atoms with Gasteiger partial charge in [0.2, 0.25) is 0 Å². The molecule has 1 saturated heterocycles. The molecule has 5 aromatic rings. The zero-order chi connectivity index (χ0) is 29.8. The van der Waals surface area contributed by atoms with E-state index in [-0.39, 0.29) is 27.9 Å². The first-order chi connectivity index (χ1) is 19.9. The van der Waals surface area contributed by atoms with E-state index in [9.17, 15) is 35.5 Å². The van der Waals surface area contributed by atoms with E-state index >= 15 is 0 Å². The molecule has 6 rings (SSSR count). The molecule has 1 aliphatic heterocycles. The number of H-pyrrole nitrogens is 1. The van der Waals surface area contributed by atoms with Crippen molar-refractivity contribution in [3.05, 3.63) is 70.4 Å². The zero-order valence-electron chi connectivity index (χ0n) is 21.5. The zero-order valence-corrected chi connectivity index (χ0v) is 22.3. The van der Waals surface area contributed by atoms with Gasteiger partial charge in [-0.2, -0.15) is 13.7 Å². The van der Waals surface area contributed by atoms with Gasteiger partial charge in [0.15, 0.2) is 5.43 Å². The summed E-state index contributed by atoms with van der Waals surface area (Å²) in [5, 5.41) is 13.4. The molecule has 0 unspecified atom stereocenters.